The Kier molecular flexibility index (Phi) is 5.52. The van der Waals surface area contributed by atoms with Crippen LogP contribution >= 0.6 is 0 Å². The van der Waals surface area contributed by atoms with E-state index in [0.29, 0.717) is 11.6 Å². The topological polar surface area (TPSA) is 77.2 Å². The van der Waals surface area contributed by atoms with Crippen molar-refractivity contribution in [3.05, 3.63) is 54.0 Å². The van der Waals surface area contributed by atoms with E-state index in [0.717, 1.165) is 31.2 Å². The molecule has 1 aromatic heterocycles. The molecule has 1 saturated carbocycles. The molecule has 3 N–H and O–H groups in total. The lowest BCUT2D eigenvalue weighted by molar-refractivity contribution is -0.128. The zero-order chi connectivity index (χ0) is 18.6. The number of halogens is 1. The Balaban J connectivity index is 1.67. The summed E-state index contributed by atoms with van der Waals surface area (Å²) in [7, 11) is 0. The standard InChI is InChI=1S/C20H24FN3O2/c1-20(22)10-3-2-9-17(20)18(25)24-13-14-6-5-11-23-19(14)26-16-8-4-7-15(21)12-16/h4-8,11-12,17H,2-3,9-10,13,22H2,1H3,(H,24,25). The molecule has 1 aliphatic rings. The lowest BCUT2D eigenvalue weighted by Gasteiger charge is -2.37. The summed E-state index contributed by atoms with van der Waals surface area (Å²) in [6.07, 6.45) is 5.33. The number of pyridine rings is 1. The molecule has 3 rings (SSSR count). The van der Waals surface area contributed by atoms with Crippen molar-refractivity contribution in [1.82, 2.24) is 10.3 Å². The van der Waals surface area contributed by atoms with E-state index in [2.05, 4.69) is 10.3 Å². The van der Waals surface area contributed by atoms with Crippen LogP contribution in [0.1, 0.15) is 38.2 Å². The molecule has 0 aliphatic heterocycles. The second-order valence-electron chi connectivity index (χ2n) is 7.05. The molecule has 138 valence electrons. The summed E-state index contributed by atoms with van der Waals surface area (Å²) in [4.78, 5) is 16.8. The van der Waals surface area contributed by atoms with Gasteiger partial charge in [-0.2, -0.15) is 0 Å². The quantitative estimate of drug-likeness (QED) is 0.858. The average Bonchev–Trinajstić information content (AvgIpc) is 2.60. The van der Waals surface area contributed by atoms with E-state index in [1.807, 2.05) is 13.0 Å². The lowest BCUT2D eigenvalue weighted by Crippen LogP contribution is -2.52. The van der Waals surface area contributed by atoms with Gasteiger partial charge in [0.05, 0.1) is 5.92 Å². The fourth-order valence-electron chi connectivity index (χ4n) is 3.39. The first kappa shape index (κ1) is 18.3. The van der Waals surface area contributed by atoms with Crippen molar-refractivity contribution >= 4 is 5.91 Å². The summed E-state index contributed by atoms with van der Waals surface area (Å²) in [5.74, 6) is 0.0826. The molecule has 1 fully saturated rings. The third kappa shape index (κ3) is 4.38. The molecule has 6 heteroatoms. The van der Waals surface area contributed by atoms with Gasteiger partial charge in [-0.3, -0.25) is 4.79 Å². The van der Waals surface area contributed by atoms with Crippen LogP contribution in [0.5, 0.6) is 11.6 Å². The Morgan fingerprint density at radius 3 is 3.00 bits per heavy atom. The molecule has 0 saturated heterocycles. The van der Waals surface area contributed by atoms with E-state index >= 15 is 0 Å². The van der Waals surface area contributed by atoms with Crippen molar-refractivity contribution in [2.75, 3.05) is 0 Å². The second-order valence-corrected chi connectivity index (χ2v) is 7.05. The first-order valence-electron chi connectivity index (χ1n) is 8.89. The molecule has 1 aliphatic carbocycles. The number of nitrogens with zero attached hydrogens (tertiary/aromatic N) is 1. The summed E-state index contributed by atoms with van der Waals surface area (Å²) < 4.78 is 19.0. The number of carbonyl (C=O) groups is 1. The maximum Gasteiger partial charge on any atom is 0.225 e. The van der Waals surface area contributed by atoms with Crippen LogP contribution in [-0.4, -0.2) is 16.4 Å². The zero-order valence-electron chi connectivity index (χ0n) is 14.9. The highest BCUT2D eigenvalue weighted by atomic mass is 19.1. The second kappa shape index (κ2) is 7.83. The summed E-state index contributed by atoms with van der Waals surface area (Å²) in [6, 6.07) is 9.46. The lowest BCUT2D eigenvalue weighted by atomic mass is 9.74. The van der Waals surface area contributed by atoms with Gasteiger partial charge in [0.1, 0.15) is 11.6 Å². The van der Waals surface area contributed by atoms with Crippen LogP contribution in [0.15, 0.2) is 42.6 Å². The first-order chi connectivity index (χ1) is 12.5. The van der Waals surface area contributed by atoms with E-state index in [-0.39, 0.29) is 24.2 Å². The minimum atomic E-state index is -0.474. The largest absolute Gasteiger partial charge is 0.439 e. The maximum atomic E-state index is 13.3. The number of carbonyl (C=O) groups excluding carboxylic acids is 1. The van der Waals surface area contributed by atoms with Crippen LogP contribution < -0.4 is 15.8 Å². The van der Waals surface area contributed by atoms with E-state index in [9.17, 15) is 9.18 Å². The van der Waals surface area contributed by atoms with Crippen LogP contribution in [0, 0.1) is 11.7 Å². The molecule has 0 bridgehead atoms. The smallest absolute Gasteiger partial charge is 0.225 e. The van der Waals surface area contributed by atoms with E-state index in [4.69, 9.17) is 10.5 Å². The number of amides is 1. The highest BCUT2D eigenvalue weighted by molar-refractivity contribution is 5.80. The van der Waals surface area contributed by atoms with Crippen molar-refractivity contribution < 1.29 is 13.9 Å². The molecule has 0 radical (unpaired) electrons. The third-order valence-electron chi connectivity index (χ3n) is 4.88. The Labute approximate surface area is 152 Å². The molecular weight excluding hydrogens is 333 g/mol. The Bertz CT molecular complexity index is 779. The van der Waals surface area contributed by atoms with Gasteiger partial charge in [0.2, 0.25) is 11.8 Å². The molecule has 2 atom stereocenters. The van der Waals surface area contributed by atoms with Gasteiger partial charge < -0.3 is 15.8 Å². The average molecular weight is 357 g/mol. The highest BCUT2D eigenvalue weighted by Gasteiger charge is 2.37. The molecule has 1 amide bonds. The summed E-state index contributed by atoms with van der Waals surface area (Å²) in [5, 5.41) is 2.95. The van der Waals surface area contributed by atoms with E-state index < -0.39 is 5.54 Å². The van der Waals surface area contributed by atoms with Crippen LogP contribution in [0.3, 0.4) is 0 Å². The SMILES string of the molecule is CC1(N)CCCCC1C(=O)NCc1cccnc1Oc1cccc(F)c1. The minimum Gasteiger partial charge on any atom is -0.439 e. The number of nitrogens with two attached hydrogens (primary N) is 1. The van der Waals surface area contributed by atoms with Crippen molar-refractivity contribution in [2.24, 2.45) is 11.7 Å². The summed E-state index contributed by atoms with van der Waals surface area (Å²) >= 11 is 0. The van der Waals surface area contributed by atoms with Gasteiger partial charge in [-0.05, 0) is 38.0 Å². The van der Waals surface area contributed by atoms with Crippen LogP contribution in [0.2, 0.25) is 0 Å². The van der Waals surface area contributed by atoms with E-state index in [1.165, 1.54) is 12.1 Å². The van der Waals surface area contributed by atoms with Gasteiger partial charge in [-0.25, -0.2) is 9.37 Å². The normalized spacial score (nSPS) is 22.7. The van der Waals surface area contributed by atoms with Crippen molar-refractivity contribution in [3.8, 4) is 11.6 Å². The monoisotopic (exact) mass is 357 g/mol. The highest BCUT2D eigenvalue weighted by Crippen LogP contribution is 2.32. The van der Waals surface area contributed by atoms with Crippen LogP contribution in [0.4, 0.5) is 4.39 Å². The number of benzene rings is 1. The number of hydrogen-bond acceptors (Lipinski definition) is 4. The van der Waals surface area contributed by atoms with Crippen molar-refractivity contribution in [3.63, 3.8) is 0 Å². The summed E-state index contributed by atoms with van der Waals surface area (Å²) in [6.45, 7) is 2.23. The van der Waals surface area contributed by atoms with Gasteiger partial charge in [-0.15, -0.1) is 0 Å². The van der Waals surface area contributed by atoms with Gasteiger partial charge in [0.15, 0.2) is 0 Å². The molecule has 26 heavy (non-hydrogen) atoms. The Hall–Kier alpha value is -2.47. The summed E-state index contributed by atoms with van der Waals surface area (Å²) in [5.41, 5.74) is 6.55. The van der Waals surface area contributed by atoms with Crippen molar-refractivity contribution in [1.29, 1.82) is 0 Å². The molecule has 1 heterocycles. The molecule has 0 spiro atoms. The predicted molar refractivity (Wildman–Crippen MR) is 97.1 cm³/mol. The fraction of sp³-hybridized carbons (Fsp3) is 0.400. The van der Waals surface area contributed by atoms with E-state index in [1.54, 1.807) is 24.4 Å². The first-order valence-corrected chi connectivity index (χ1v) is 8.89. The minimum absolute atomic E-state index is 0.0461. The molecule has 5 nitrogen and oxygen atoms in total. The third-order valence-corrected chi connectivity index (χ3v) is 4.88. The van der Waals surface area contributed by atoms with Crippen LogP contribution in [-0.2, 0) is 11.3 Å². The predicted octanol–water partition coefficient (Wildman–Crippen LogP) is 3.54. The molecule has 2 aromatic rings. The number of nitrogens with one attached hydrogen (secondary N) is 1. The van der Waals surface area contributed by atoms with Crippen molar-refractivity contribution in [2.45, 2.75) is 44.7 Å². The maximum absolute atomic E-state index is 13.3. The zero-order valence-corrected chi connectivity index (χ0v) is 14.9. The van der Waals surface area contributed by atoms with Gasteiger partial charge in [0.25, 0.3) is 0 Å². The fourth-order valence-corrected chi connectivity index (χ4v) is 3.39. The number of hydrogen-bond donors (Lipinski definition) is 2. The Morgan fingerprint density at radius 1 is 1.38 bits per heavy atom. The number of aromatic nitrogens is 1. The Morgan fingerprint density at radius 2 is 2.23 bits per heavy atom. The van der Waals surface area contributed by atoms with Gasteiger partial charge >= 0.3 is 0 Å². The van der Waals surface area contributed by atoms with Gasteiger partial charge in [-0.1, -0.05) is 25.0 Å². The molecular formula is C20H24FN3O2. The molecule has 1 aromatic carbocycles. The molecule has 2 unspecified atom stereocenters. The number of ether oxygens (including phenoxy) is 1. The van der Waals surface area contributed by atoms with Crippen LogP contribution in [0.25, 0.3) is 0 Å². The number of rotatable bonds is 5. The van der Waals surface area contributed by atoms with Gasteiger partial charge in [0, 0.05) is 29.9 Å².